The normalized spacial score (nSPS) is 12.7. The summed E-state index contributed by atoms with van der Waals surface area (Å²) in [6, 6.07) is 0.216. The van der Waals surface area contributed by atoms with Crippen LogP contribution >= 0.6 is 0 Å². The van der Waals surface area contributed by atoms with Gasteiger partial charge in [-0.2, -0.15) is 0 Å². The minimum Gasteiger partial charge on any atom is -0.460 e. The highest BCUT2D eigenvalue weighted by atomic mass is 16.5. The second-order valence-corrected chi connectivity index (χ2v) is 5.34. The van der Waals surface area contributed by atoms with E-state index in [1.54, 1.807) is 6.92 Å². The summed E-state index contributed by atoms with van der Waals surface area (Å²) >= 11 is 0. The van der Waals surface area contributed by atoms with E-state index in [-0.39, 0.29) is 12.0 Å². The molecule has 1 rings (SSSR count). The molecular formula is C14H25N3O2. The first-order valence-corrected chi connectivity index (χ1v) is 7.06. The van der Waals surface area contributed by atoms with Crippen LogP contribution in [0.5, 0.6) is 0 Å². The van der Waals surface area contributed by atoms with Crippen molar-refractivity contribution < 1.29 is 9.53 Å². The highest BCUT2D eigenvalue weighted by molar-refractivity contribution is 5.85. The fourth-order valence-electron chi connectivity index (χ4n) is 2.18. The summed E-state index contributed by atoms with van der Waals surface area (Å²) in [6.07, 6.45) is 3.35. The van der Waals surface area contributed by atoms with Crippen LogP contribution in [0.25, 0.3) is 0 Å². The number of rotatable bonds is 7. The smallest absolute Gasteiger partial charge is 0.376 e. The van der Waals surface area contributed by atoms with Crippen molar-refractivity contribution >= 4 is 5.97 Å². The largest absolute Gasteiger partial charge is 0.460 e. The number of nitrogens with zero attached hydrogens (tertiary/aromatic N) is 3. The molecule has 0 bridgehead atoms. The van der Waals surface area contributed by atoms with Crippen molar-refractivity contribution in [2.45, 2.75) is 59.9 Å². The molecule has 0 aliphatic heterocycles. The second-order valence-electron chi connectivity index (χ2n) is 5.34. The van der Waals surface area contributed by atoms with Gasteiger partial charge in [0, 0.05) is 6.04 Å². The standard InChI is InChI=1S/C14H25N3O2/c1-6-19-14(18)13-16-15-12(5)17(13)11(4)9-7-8-10(2)3/h10-11H,6-9H2,1-5H3. The summed E-state index contributed by atoms with van der Waals surface area (Å²) < 4.78 is 6.90. The third-order valence-corrected chi connectivity index (χ3v) is 3.17. The van der Waals surface area contributed by atoms with Gasteiger partial charge in [0.1, 0.15) is 5.82 Å². The first-order valence-electron chi connectivity index (χ1n) is 7.06. The zero-order valence-electron chi connectivity index (χ0n) is 12.6. The minimum atomic E-state index is -0.390. The minimum absolute atomic E-state index is 0.216. The van der Waals surface area contributed by atoms with Crippen molar-refractivity contribution in [3.63, 3.8) is 0 Å². The van der Waals surface area contributed by atoms with E-state index >= 15 is 0 Å². The second kappa shape index (κ2) is 7.26. The van der Waals surface area contributed by atoms with E-state index < -0.39 is 0 Å². The van der Waals surface area contributed by atoms with Crippen molar-refractivity contribution in [1.29, 1.82) is 0 Å². The van der Waals surface area contributed by atoms with Crippen LogP contribution in [-0.4, -0.2) is 27.3 Å². The van der Waals surface area contributed by atoms with Crippen molar-refractivity contribution in [3.05, 3.63) is 11.6 Å². The van der Waals surface area contributed by atoms with Crippen molar-refractivity contribution in [3.8, 4) is 0 Å². The first-order chi connectivity index (χ1) is 8.97. The van der Waals surface area contributed by atoms with Gasteiger partial charge in [0.15, 0.2) is 0 Å². The van der Waals surface area contributed by atoms with E-state index in [1.165, 1.54) is 6.42 Å². The summed E-state index contributed by atoms with van der Waals surface area (Å²) in [7, 11) is 0. The molecular weight excluding hydrogens is 242 g/mol. The molecule has 1 aromatic heterocycles. The van der Waals surface area contributed by atoms with E-state index in [0.717, 1.165) is 18.7 Å². The Morgan fingerprint density at radius 1 is 1.26 bits per heavy atom. The van der Waals surface area contributed by atoms with Crippen LogP contribution < -0.4 is 0 Å². The van der Waals surface area contributed by atoms with E-state index in [0.29, 0.717) is 18.3 Å². The molecule has 0 saturated heterocycles. The summed E-state index contributed by atoms with van der Waals surface area (Å²) in [6.45, 7) is 10.6. The molecule has 0 saturated carbocycles. The lowest BCUT2D eigenvalue weighted by Gasteiger charge is -2.17. The van der Waals surface area contributed by atoms with Crippen molar-refractivity contribution in [2.24, 2.45) is 5.92 Å². The summed E-state index contributed by atoms with van der Waals surface area (Å²) in [4.78, 5) is 11.8. The van der Waals surface area contributed by atoms with Gasteiger partial charge in [-0.25, -0.2) is 4.79 Å². The molecule has 5 nitrogen and oxygen atoms in total. The van der Waals surface area contributed by atoms with Gasteiger partial charge in [-0.15, -0.1) is 10.2 Å². The van der Waals surface area contributed by atoms with E-state index in [2.05, 4.69) is 31.0 Å². The molecule has 1 heterocycles. The van der Waals surface area contributed by atoms with Crippen molar-refractivity contribution in [1.82, 2.24) is 14.8 Å². The number of carbonyl (C=O) groups excluding carboxylic acids is 1. The Morgan fingerprint density at radius 2 is 1.95 bits per heavy atom. The van der Waals surface area contributed by atoms with Crippen molar-refractivity contribution in [2.75, 3.05) is 6.61 Å². The van der Waals surface area contributed by atoms with Crippen LogP contribution in [0.3, 0.4) is 0 Å². The molecule has 0 spiro atoms. The van der Waals surface area contributed by atoms with Gasteiger partial charge in [0.05, 0.1) is 6.61 Å². The number of carbonyl (C=O) groups is 1. The molecule has 0 aromatic carbocycles. The Hall–Kier alpha value is -1.39. The third kappa shape index (κ3) is 4.33. The fraction of sp³-hybridized carbons (Fsp3) is 0.786. The molecule has 1 atom stereocenters. The van der Waals surface area contributed by atoms with Crippen LogP contribution in [0.4, 0.5) is 0 Å². The number of ether oxygens (including phenoxy) is 1. The Labute approximate surface area is 115 Å². The lowest BCUT2D eigenvalue weighted by atomic mass is 10.0. The summed E-state index contributed by atoms with van der Waals surface area (Å²) in [5.74, 6) is 1.40. The predicted octanol–water partition coefficient (Wildman–Crippen LogP) is 3.15. The van der Waals surface area contributed by atoms with Crippen LogP contribution in [0, 0.1) is 12.8 Å². The fourth-order valence-corrected chi connectivity index (χ4v) is 2.18. The molecule has 0 radical (unpaired) electrons. The van der Waals surface area contributed by atoms with Gasteiger partial charge >= 0.3 is 5.97 Å². The predicted molar refractivity (Wildman–Crippen MR) is 74.1 cm³/mol. The summed E-state index contributed by atoms with van der Waals surface area (Å²) in [5, 5.41) is 7.93. The van der Waals surface area contributed by atoms with Crippen LogP contribution in [0.2, 0.25) is 0 Å². The number of esters is 1. The molecule has 1 unspecified atom stereocenters. The number of aromatic nitrogens is 3. The van der Waals surface area contributed by atoms with Gasteiger partial charge < -0.3 is 9.30 Å². The monoisotopic (exact) mass is 267 g/mol. The topological polar surface area (TPSA) is 57.0 Å². The van der Waals surface area contributed by atoms with Gasteiger partial charge in [0.25, 0.3) is 0 Å². The zero-order valence-corrected chi connectivity index (χ0v) is 12.6. The Balaban J connectivity index is 2.75. The number of hydrogen-bond donors (Lipinski definition) is 0. The van der Waals surface area contributed by atoms with E-state index in [9.17, 15) is 4.79 Å². The highest BCUT2D eigenvalue weighted by Crippen LogP contribution is 2.20. The number of aryl methyl sites for hydroxylation is 1. The maximum atomic E-state index is 11.8. The number of hydrogen-bond acceptors (Lipinski definition) is 4. The van der Waals surface area contributed by atoms with Gasteiger partial charge in [-0.05, 0) is 33.1 Å². The Morgan fingerprint density at radius 3 is 2.53 bits per heavy atom. The zero-order chi connectivity index (χ0) is 14.4. The Bertz CT molecular complexity index is 413. The molecule has 5 heteroatoms. The quantitative estimate of drug-likeness (QED) is 0.712. The molecule has 19 heavy (non-hydrogen) atoms. The van der Waals surface area contributed by atoms with Crippen LogP contribution in [-0.2, 0) is 4.74 Å². The van der Waals surface area contributed by atoms with E-state index in [4.69, 9.17) is 4.74 Å². The molecule has 0 amide bonds. The van der Waals surface area contributed by atoms with Crippen LogP contribution in [0.15, 0.2) is 0 Å². The SMILES string of the molecule is CCOC(=O)c1nnc(C)n1C(C)CCCC(C)C. The molecule has 1 aromatic rings. The maximum Gasteiger partial charge on any atom is 0.376 e. The highest BCUT2D eigenvalue weighted by Gasteiger charge is 2.21. The molecule has 108 valence electrons. The van der Waals surface area contributed by atoms with Crippen LogP contribution in [0.1, 0.15) is 69.4 Å². The summed E-state index contributed by atoms with van der Waals surface area (Å²) in [5.41, 5.74) is 0. The van der Waals surface area contributed by atoms with Gasteiger partial charge in [0.2, 0.25) is 5.82 Å². The Kier molecular flexibility index (Phi) is 5.99. The maximum absolute atomic E-state index is 11.8. The van der Waals surface area contributed by atoms with Gasteiger partial charge in [-0.3, -0.25) is 0 Å². The van der Waals surface area contributed by atoms with E-state index in [1.807, 2.05) is 11.5 Å². The lowest BCUT2D eigenvalue weighted by Crippen LogP contribution is -2.17. The molecule has 0 aliphatic carbocycles. The average molecular weight is 267 g/mol. The average Bonchev–Trinajstić information content (AvgIpc) is 2.71. The lowest BCUT2D eigenvalue weighted by molar-refractivity contribution is 0.0502. The molecule has 0 fully saturated rings. The molecule has 0 aliphatic rings. The first kappa shape index (κ1) is 15.7. The van der Waals surface area contributed by atoms with Gasteiger partial charge in [-0.1, -0.05) is 26.7 Å². The molecule has 0 N–H and O–H groups in total. The third-order valence-electron chi connectivity index (χ3n) is 3.17.